The van der Waals surface area contributed by atoms with E-state index in [0.717, 1.165) is 65.2 Å². The third-order valence-corrected chi connectivity index (χ3v) is 9.45. The predicted octanol–water partition coefficient (Wildman–Crippen LogP) is 6.71. The lowest BCUT2D eigenvalue weighted by atomic mass is 10.0. The highest BCUT2D eigenvalue weighted by Gasteiger charge is 2.25. The molecule has 50 heavy (non-hydrogen) atoms. The topological polar surface area (TPSA) is 123 Å². The van der Waals surface area contributed by atoms with Crippen LogP contribution in [0.3, 0.4) is 0 Å². The average molecular weight is 693 g/mol. The van der Waals surface area contributed by atoms with Crippen LogP contribution in [0.4, 0.5) is 10.1 Å². The fourth-order valence-electron chi connectivity index (χ4n) is 6.31. The van der Waals surface area contributed by atoms with Crippen molar-refractivity contribution in [1.82, 2.24) is 34.6 Å². The van der Waals surface area contributed by atoms with Crippen LogP contribution in [-0.4, -0.2) is 66.3 Å². The third-order valence-electron chi connectivity index (χ3n) is 9.22. The van der Waals surface area contributed by atoms with E-state index in [-0.39, 0.29) is 18.6 Å². The van der Waals surface area contributed by atoms with Crippen molar-refractivity contribution in [3.63, 3.8) is 0 Å². The molecule has 0 aliphatic carbocycles. The van der Waals surface area contributed by atoms with E-state index in [1.54, 1.807) is 24.3 Å². The summed E-state index contributed by atoms with van der Waals surface area (Å²) in [5, 5.41) is 11.5. The molecular weight excluding hydrogens is 659 g/mol. The maximum Gasteiger partial charge on any atom is 0.274 e. The molecule has 2 N–H and O–H groups in total. The van der Waals surface area contributed by atoms with E-state index in [9.17, 15) is 9.18 Å². The molecule has 0 radical (unpaired) electrons. The number of fused-ring (bicyclic) bond motifs is 2. The Morgan fingerprint density at radius 1 is 1.12 bits per heavy atom. The number of carbonyl (C=O) groups is 1. The maximum absolute atomic E-state index is 14.2. The zero-order chi connectivity index (χ0) is 34.2. The fourth-order valence-corrected chi connectivity index (χ4v) is 6.47. The number of aromatic nitrogens is 6. The number of ether oxygens (including phenoxy) is 2. The molecule has 4 aromatic heterocycles. The van der Waals surface area contributed by atoms with Gasteiger partial charge in [0.2, 0.25) is 5.88 Å². The molecule has 13 heteroatoms. The number of hydrogen-bond donors (Lipinski definition) is 2. The Hall–Kier alpha value is -5.17. The minimum Gasteiger partial charge on any atom is -0.473 e. The Kier molecular flexibility index (Phi) is 8.73. The van der Waals surface area contributed by atoms with Gasteiger partial charge in [0.15, 0.2) is 5.65 Å². The van der Waals surface area contributed by atoms with Crippen LogP contribution in [0.25, 0.3) is 27.6 Å². The quantitative estimate of drug-likeness (QED) is 0.162. The monoisotopic (exact) mass is 692 g/mol. The molecule has 6 heterocycles. The lowest BCUT2D eigenvalue weighted by Gasteiger charge is -2.29. The van der Waals surface area contributed by atoms with Crippen molar-refractivity contribution >= 4 is 50.8 Å². The van der Waals surface area contributed by atoms with Gasteiger partial charge in [-0.15, -0.1) is 0 Å². The molecule has 254 valence electrons. The Morgan fingerprint density at radius 2 is 2.02 bits per heavy atom. The summed E-state index contributed by atoms with van der Waals surface area (Å²) < 4.78 is 28.0. The van der Waals surface area contributed by atoms with Crippen molar-refractivity contribution in [3.05, 3.63) is 112 Å². The van der Waals surface area contributed by atoms with Gasteiger partial charge in [0.25, 0.3) is 5.91 Å². The summed E-state index contributed by atoms with van der Waals surface area (Å²) in [6, 6.07) is 19.5. The van der Waals surface area contributed by atoms with Gasteiger partial charge < -0.3 is 19.4 Å². The highest BCUT2D eigenvalue weighted by molar-refractivity contribution is 6.30. The smallest absolute Gasteiger partial charge is 0.274 e. The van der Waals surface area contributed by atoms with Gasteiger partial charge in [0.05, 0.1) is 41.6 Å². The Labute approximate surface area is 292 Å². The average Bonchev–Trinajstić information content (AvgIpc) is 3.64. The van der Waals surface area contributed by atoms with Crippen molar-refractivity contribution in [2.75, 3.05) is 25.0 Å². The van der Waals surface area contributed by atoms with Crippen LogP contribution in [0, 0.1) is 12.7 Å². The van der Waals surface area contributed by atoms with Crippen LogP contribution in [0.15, 0.2) is 72.8 Å². The van der Waals surface area contributed by atoms with Crippen LogP contribution in [0.2, 0.25) is 5.02 Å². The summed E-state index contributed by atoms with van der Waals surface area (Å²) in [6.07, 6.45) is 4.09. The van der Waals surface area contributed by atoms with Crippen molar-refractivity contribution in [2.45, 2.75) is 45.6 Å². The normalized spacial score (nSPS) is 16.4. The summed E-state index contributed by atoms with van der Waals surface area (Å²) in [5.41, 5.74) is 6.51. The van der Waals surface area contributed by atoms with Crippen LogP contribution in [0.1, 0.15) is 46.1 Å². The van der Waals surface area contributed by atoms with Gasteiger partial charge in [0, 0.05) is 47.4 Å². The van der Waals surface area contributed by atoms with Gasteiger partial charge in [0.1, 0.15) is 23.9 Å². The number of H-pyrrole nitrogens is 1. The number of hydrogen-bond acceptors (Lipinski definition) is 8. The van der Waals surface area contributed by atoms with Crippen LogP contribution >= 0.6 is 11.6 Å². The number of imidazole rings is 1. The minimum atomic E-state index is -0.408. The lowest BCUT2D eigenvalue weighted by Crippen LogP contribution is -2.33. The van der Waals surface area contributed by atoms with Crippen molar-refractivity contribution in [3.8, 4) is 5.88 Å². The molecule has 0 saturated carbocycles. The highest BCUT2D eigenvalue weighted by atomic mass is 35.5. The van der Waals surface area contributed by atoms with Crippen molar-refractivity contribution < 1.29 is 18.7 Å². The molecule has 1 fully saturated rings. The fraction of sp³-hybridized carbons (Fsp3) is 0.270. The summed E-state index contributed by atoms with van der Waals surface area (Å²) in [7, 11) is 0. The molecule has 1 saturated heterocycles. The molecule has 1 atom stereocenters. The number of nitrogens with one attached hydrogen (secondary N) is 2. The molecule has 2 aliphatic rings. The van der Waals surface area contributed by atoms with Crippen molar-refractivity contribution in [1.29, 1.82) is 0 Å². The van der Waals surface area contributed by atoms with Gasteiger partial charge in [-0.3, -0.25) is 14.8 Å². The predicted molar refractivity (Wildman–Crippen MR) is 189 cm³/mol. The Bertz CT molecular complexity index is 2260. The van der Waals surface area contributed by atoms with Gasteiger partial charge in [-0.05, 0) is 73.9 Å². The second-order valence-electron chi connectivity index (χ2n) is 12.6. The number of benzene rings is 2. The van der Waals surface area contributed by atoms with E-state index < -0.39 is 5.82 Å². The maximum atomic E-state index is 14.2. The van der Waals surface area contributed by atoms with E-state index in [2.05, 4.69) is 41.0 Å². The SMILES string of the molecule is Cc1n[nH]c2ccc(NC(=O)c3ccc4c(n3)nc(CN3CC=C(c5cccc(OCc6ccc(Cl)cc6F)n5)CC3)n4C[C@@H]3CCO3)cc12. The van der Waals surface area contributed by atoms with Gasteiger partial charge in [-0.1, -0.05) is 29.8 Å². The van der Waals surface area contributed by atoms with Gasteiger partial charge in [-0.2, -0.15) is 5.10 Å². The zero-order valence-electron chi connectivity index (χ0n) is 27.3. The lowest BCUT2D eigenvalue weighted by molar-refractivity contribution is -0.0591. The molecule has 0 spiro atoms. The number of pyridine rings is 2. The molecule has 11 nitrogen and oxygen atoms in total. The first-order chi connectivity index (χ1) is 24.4. The first-order valence-corrected chi connectivity index (χ1v) is 16.9. The third kappa shape index (κ3) is 6.69. The van der Waals surface area contributed by atoms with Gasteiger partial charge >= 0.3 is 0 Å². The Balaban J connectivity index is 0.965. The van der Waals surface area contributed by atoms with E-state index in [1.165, 1.54) is 6.07 Å². The molecule has 1 amide bonds. The van der Waals surface area contributed by atoms with E-state index >= 15 is 0 Å². The molecule has 0 bridgehead atoms. The summed E-state index contributed by atoms with van der Waals surface area (Å²) >= 11 is 5.87. The number of amides is 1. The summed E-state index contributed by atoms with van der Waals surface area (Å²) in [6.45, 7) is 5.54. The first kappa shape index (κ1) is 32.1. The zero-order valence-corrected chi connectivity index (χ0v) is 28.1. The molecule has 6 aromatic rings. The van der Waals surface area contributed by atoms with E-state index in [1.807, 2.05) is 43.3 Å². The number of aryl methyl sites for hydroxylation is 1. The van der Waals surface area contributed by atoms with Crippen LogP contribution in [0.5, 0.6) is 5.88 Å². The molecule has 0 unspecified atom stereocenters. The number of rotatable bonds is 10. The number of nitrogens with zero attached hydrogens (tertiary/aromatic N) is 6. The first-order valence-electron chi connectivity index (χ1n) is 16.6. The Morgan fingerprint density at radius 3 is 2.82 bits per heavy atom. The minimum absolute atomic E-state index is 0.0577. The van der Waals surface area contributed by atoms with E-state index in [4.69, 9.17) is 26.1 Å². The molecule has 8 rings (SSSR count). The second kappa shape index (κ2) is 13.6. The number of anilines is 1. The van der Waals surface area contributed by atoms with E-state index in [0.29, 0.717) is 53.1 Å². The second-order valence-corrected chi connectivity index (χ2v) is 13.0. The molecule has 2 aliphatic heterocycles. The highest BCUT2D eigenvalue weighted by Crippen LogP contribution is 2.27. The number of carbonyl (C=O) groups excluding carboxylic acids is 1. The largest absolute Gasteiger partial charge is 0.473 e. The van der Waals surface area contributed by atoms with Crippen molar-refractivity contribution in [2.24, 2.45) is 0 Å². The number of aromatic amines is 1. The summed E-state index contributed by atoms with van der Waals surface area (Å²) in [4.78, 5) is 29.9. The van der Waals surface area contributed by atoms with Crippen LogP contribution < -0.4 is 10.1 Å². The van der Waals surface area contributed by atoms with Gasteiger partial charge in [-0.25, -0.2) is 19.3 Å². The van der Waals surface area contributed by atoms with Crippen LogP contribution in [-0.2, 0) is 24.4 Å². The molecular formula is C37H34ClFN8O3. The molecule has 2 aromatic carbocycles. The standard InChI is InChI=1S/C37H34ClFN8O3/c1-22-28-18-26(7-8-31(28)45-44-22)40-37(48)32-9-10-33-36(42-32)43-34(47(33)19-27-13-16-49-27)20-46-14-11-23(12-15-46)30-3-2-4-35(41-30)50-21-24-5-6-25(38)17-29(24)39/h2-11,17-18,27H,12-16,19-21H2,1H3,(H,40,48)(H,44,45)/t27-/m0/s1. The summed E-state index contributed by atoms with van der Waals surface area (Å²) in [5.74, 6) is 0.594. The number of halogens is 2.